The van der Waals surface area contributed by atoms with E-state index in [0.717, 1.165) is 11.3 Å². The normalized spacial score (nSPS) is 11.3. The third-order valence-electron chi connectivity index (χ3n) is 1.46. The molecule has 0 atom stereocenters. The van der Waals surface area contributed by atoms with Crippen molar-refractivity contribution in [1.82, 2.24) is 0 Å². The minimum Gasteiger partial charge on any atom is -0.469 e. The van der Waals surface area contributed by atoms with Crippen LogP contribution in [0, 0.1) is 0 Å². The first-order valence-electron chi connectivity index (χ1n) is 3.62. The highest BCUT2D eigenvalue weighted by Crippen LogP contribution is 2.20. The van der Waals surface area contributed by atoms with Crippen LogP contribution in [-0.4, -0.2) is 21.5 Å². The predicted molar refractivity (Wildman–Crippen MR) is 51.4 cm³/mol. The Morgan fingerprint density at radius 2 is 2.21 bits per heavy atom. The molecule has 0 unspecified atom stereocenters. The lowest BCUT2D eigenvalue weighted by molar-refractivity contribution is -0.139. The molecule has 0 bridgehead atoms. The topological polar surface area (TPSA) is 86.5 Å². The average Bonchev–Trinajstić information content (AvgIpc) is 2.51. The number of sulfonamides is 1. The van der Waals surface area contributed by atoms with Crippen molar-refractivity contribution in [3.8, 4) is 0 Å². The van der Waals surface area contributed by atoms with E-state index in [1.807, 2.05) is 0 Å². The molecule has 1 heterocycles. The number of primary sulfonamides is 1. The van der Waals surface area contributed by atoms with Crippen molar-refractivity contribution in [2.24, 2.45) is 5.14 Å². The molecule has 0 spiro atoms. The number of carbonyl (C=O) groups excluding carboxylic acids is 1. The number of esters is 1. The molecular formula is C7H9NO4S2. The predicted octanol–water partition coefficient (Wildman–Crippen LogP) is 0.111. The number of hydrogen-bond donors (Lipinski definition) is 1. The minimum absolute atomic E-state index is 0.0522. The van der Waals surface area contributed by atoms with Crippen LogP contribution in [0.3, 0.4) is 0 Å². The van der Waals surface area contributed by atoms with Crippen molar-refractivity contribution in [3.05, 3.63) is 17.0 Å². The second kappa shape index (κ2) is 4.07. The fraction of sp³-hybridized carbons (Fsp3) is 0.286. The molecular weight excluding hydrogens is 226 g/mol. The van der Waals surface area contributed by atoms with E-state index in [1.165, 1.54) is 13.2 Å². The third-order valence-corrected chi connectivity index (χ3v) is 3.99. The van der Waals surface area contributed by atoms with Crippen molar-refractivity contribution in [2.75, 3.05) is 7.11 Å². The number of ether oxygens (including phenoxy) is 1. The van der Waals surface area contributed by atoms with Crippen molar-refractivity contribution < 1.29 is 17.9 Å². The molecule has 1 rings (SSSR count). The van der Waals surface area contributed by atoms with Gasteiger partial charge in [-0.25, -0.2) is 13.6 Å². The van der Waals surface area contributed by atoms with E-state index >= 15 is 0 Å². The van der Waals surface area contributed by atoms with Gasteiger partial charge in [-0.1, -0.05) is 0 Å². The summed E-state index contributed by atoms with van der Waals surface area (Å²) in [6, 6.07) is 2.92. The van der Waals surface area contributed by atoms with Crippen molar-refractivity contribution >= 4 is 27.3 Å². The Balaban J connectivity index is 2.84. The second-order valence-electron chi connectivity index (χ2n) is 2.52. The molecule has 0 fully saturated rings. The smallest absolute Gasteiger partial charge is 0.310 e. The van der Waals surface area contributed by atoms with Gasteiger partial charge in [0.25, 0.3) is 0 Å². The molecule has 0 saturated heterocycles. The Bertz CT molecular complexity index is 434. The largest absolute Gasteiger partial charge is 0.469 e. The van der Waals surface area contributed by atoms with Gasteiger partial charge in [0.2, 0.25) is 10.0 Å². The van der Waals surface area contributed by atoms with Gasteiger partial charge in [0.1, 0.15) is 4.21 Å². The van der Waals surface area contributed by atoms with Gasteiger partial charge in [0.05, 0.1) is 13.5 Å². The molecule has 0 aliphatic heterocycles. The summed E-state index contributed by atoms with van der Waals surface area (Å²) in [6.07, 6.45) is 0.0662. The summed E-state index contributed by atoms with van der Waals surface area (Å²) >= 11 is 0.970. The Kier molecular flexibility index (Phi) is 3.25. The molecule has 2 N–H and O–H groups in total. The van der Waals surface area contributed by atoms with E-state index in [-0.39, 0.29) is 10.6 Å². The first kappa shape index (κ1) is 11.2. The van der Waals surface area contributed by atoms with Gasteiger partial charge in [0, 0.05) is 4.88 Å². The molecule has 0 aliphatic rings. The fourth-order valence-corrected chi connectivity index (χ4v) is 2.58. The molecule has 7 heteroatoms. The number of rotatable bonds is 3. The SMILES string of the molecule is COC(=O)Cc1ccc(S(N)(=O)=O)s1. The quantitative estimate of drug-likeness (QED) is 0.753. The van der Waals surface area contributed by atoms with Crippen LogP contribution in [0.5, 0.6) is 0 Å². The number of nitrogens with two attached hydrogens (primary N) is 1. The molecule has 0 radical (unpaired) electrons. The van der Waals surface area contributed by atoms with Crippen LogP contribution < -0.4 is 5.14 Å². The van der Waals surface area contributed by atoms with E-state index in [2.05, 4.69) is 4.74 Å². The molecule has 0 amide bonds. The van der Waals surface area contributed by atoms with Gasteiger partial charge >= 0.3 is 5.97 Å². The maximum Gasteiger partial charge on any atom is 0.310 e. The lowest BCUT2D eigenvalue weighted by Crippen LogP contribution is -2.09. The van der Waals surface area contributed by atoms with Crippen LogP contribution in [0.2, 0.25) is 0 Å². The van der Waals surface area contributed by atoms with E-state index in [4.69, 9.17) is 5.14 Å². The number of hydrogen-bond acceptors (Lipinski definition) is 5. The van der Waals surface area contributed by atoms with Gasteiger partial charge in [-0.2, -0.15) is 0 Å². The van der Waals surface area contributed by atoms with Crippen molar-refractivity contribution in [3.63, 3.8) is 0 Å². The highest BCUT2D eigenvalue weighted by Gasteiger charge is 2.12. The molecule has 5 nitrogen and oxygen atoms in total. The summed E-state index contributed by atoms with van der Waals surface area (Å²) < 4.78 is 26.2. The first-order chi connectivity index (χ1) is 6.43. The van der Waals surface area contributed by atoms with Gasteiger partial charge in [0.15, 0.2) is 0 Å². The number of carbonyl (C=O) groups is 1. The molecule has 1 aromatic rings. The number of thiophene rings is 1. The molecule has 0 aliphatic carbocycles. The Hall–Kier alpha value is -0.920. The van der Waals surface area contributed by atoms with Gasteiger partial charge < -0.3 is 4.74 Å². The van der Waals surface area contributed by atoms with E-state index in [9.17, 15) is 13.2 Å². The maximum absolute atomic E-state index is 10.9. The molecule has 0 aromatic carbocycles. The summed E-state index contributed by atoms with van der Waals surface area (Å²) in [5.74, 6) is -0.409. The summed E-state index contributed by atoms with van der Waals surface area (Å²) in [7, 11) is -2.38. The monoisotopic (exact) mass is 235 g/mol. The van der Waals surface area contributed by atoms with Crippen molar-refractivity contribution in [2.45, 2.75) is 10.6 Å². The lowest BCUT2D eigenvalue weighted by atomic mass is 10.3. The Labute approximate surface area is 85.5 Å². The highest BCUT2D eigenvalue weighted by molar-refractivity contribution is 7.91. The summed E-state index contributed by atoms with van der Waals surface area (Å²) in [5, 5.41) is 4.90. The standard InChI is InChI=1S/C7H9NO4S2/c1-12-6(9)4-5-2-3-7(13-5)14(8,10)11/h2-3H,4H2,1H3,(H2,8,10,11). The van der Waals surface area contributed by atoms with Gasteiger partial charge in [-0.3, -0.25) is 4.79 Å². The average molecular weight is 235 g/mol. The van der Waals surface area contributed by atoms with Crippen LogP contribution in [0.1, 0.15) is 4.88 Å². The minimum atomic E-state index is -3.66. The lowest BCUT2D eigenvalue weighted by Gasteiger charge is -1.94. The number of methoxy groups -OCH3 is 1. The second-order valence-corrected chi connectivity index (χ2v) is 5.48. The molecule has 78 valence electrons. The van der Waals surface area contributed by atoms with Gasteiger partial charge in [-0.05, 0) is 12.1 Å². The molecule has 14 heavy (non-hydrogen) atoms. The van der Waals surface area contributed by atoms with Crippen LogP contribution in [0.25, 0.3) is 0 Å². The molecule has 1 aromatic heterocycles. The van der Waals surface area contributed by atoms with E-state index in [1.54, 1.807) is 6.07 Å². The van der Waals surface area contributed by atoms with Crippen molar-refractivity contribution in [1.29, 1.82) is 0 Å². The van der Waals surface area contributed by atoms with Crippen LogP contribution in [0.4, 0.5) is 0 Å². The first-order valence-corrected chi connectivity index (χ1v) is 5.98. The Morgan fingerprint density at radius 1 is 1.57 bits per heavy atom. The molecule has 0 saturated carbocycles. The summed E-state index contributed by atoms with van der Waals surface area (Å²) in [4.78, 5) is 11.5. The van der Waals surface area contributed by atoms with Crippen LogP contribution >= 0.6 is 11.3 Å². The summed E-state index contributed by atoms with van der Waals surface area (Å²) in [5.41, 5.74) is 0. The zero-order valence-corrected chi connectivity index (χ0v) is 9.02. The van der Waals surface area contributed by atoms with Crippen LogP contribution in [0.15, 0.2) is 16.3 Å². The zero-order chi connectivity index (χ0) is 10.8. The summed E-state index contributed by atoms with van der Waals surface area (Å²) in [6.45, 7) is 0. The zero-order valence-electron chi connectivity index (χ0n) is 7.39. The maximum atomic E-state index is 10.9. The van der Waals surface area contributed by atoms with E-state index < -0.39 is 16.0 Å². The van der Waals surface area contributed by atoms with E-state index in [0.29, 0.717) is 4.88 Å². The Morgan fingerprint density at radius 3 is 2.64 bits per heavy atom. The van der Waals surface area contributed by atoms with Crippen LogP contribution in [-0.2, 0) is 26.0 Å². The third kappa shape index (κ3) is 2.79. The highest BCUT2D eigenvalue weighted by atomic mass is 32.2. The van der Waals surface area contributed by atoms with Gasteiger partial charge in [-0.15, -0.1) is 11.3 Å². The fourth-order valence-electron chi connectivity index (χ4n) is 0.821.